The van der Waals surface area contributed by atoms with Crippen LogP contribution in [0, 0.1) is 0 Å². The van der Waals surface area contributed by atoms with Gasteiger partial charge in [-0.15, -0.1) is 13.2 Å². The van der Waals surface area contributed by atoms with E-state index >= 15 is 0 Å². The summed E-state index contributed by atoms with van der Waals surface area (Å²) in [5, 5.41) is 1.87. The zero-order valence-corrected chi connectivity index (χ0v) is 9.71. The molecule has 1 amide bonds. The number of alkyl carbamates (subject to hydrolysis) is 1. The number of rotatable bonds is 2. The van der Waals surface area contributed by atoms with Gasteiger partial charge in [-0.2, -0.15) is 0 Å². The molecule has 1 saturated heterocycles. The molecule has 9 heteroatoms. The summed E-state index contributed by atoms with van der Waals surface area (Å²) in [6.07, 6.45) is -6.00. The maximum absolute atomic E-state index is 13.6. The van der Waals surface area contributed by atoms with Crippen molar-refractivity contribution in [2.24, 2.45) is 0 Å². The second-order valence-electron chi connectivity index (χ2n) is 4.03. The Kier molecular flexibility index (Phi) is 3.45. The van der Waals surface area contributed by atoms with Crippen LogP contribution in [0.4, 0.5) is 26.7 Å². The largest absolute Gasteiger partial charge is 0.573 e. The molecule has 1 aliphatic heterocycles. The summed E-state index contributed by atoms with van der Waals surface area (Å²) >= 11 is 0. The molecule has 1 N–H and O–H groups in total. The van der Waals surface area contributed by atoms with Gasteiger partial charge in [-0.1, -0.05) is 12.1 Å². The first kappa shape index (κ1) is 14.4. The Morgan fingerprint density at radius 2 is 2.05 bits per heavy atom. The Hall–Kier alpha value is -2.06. The van der Waals surface area contributed by atoms with Crippen molar-refractivity contribution in [3.63, 3.8) is 0 Å². The lowest BCUT2D eigenvalue weighted by atomic mass is 10.00. The van der Waals surface area contributed by atoms with E-state index in [0.717, 1.165) is 24.3 Å². The summed E-state index contributed by atoms with van der Waals surface area (Å²) in [5.74, 6) is -4.09. The third kappa shape index (κ3) is 3.28. The molecule has 1 fully saturated rings. The smallest absolute Gasteiger partial charge is 0.443 e. The van der Waals surface area contributed by atoms with E-state index in [4.69, 9.17) is 0 Å². The van der Waals surface area contributed by atoms with Crippen LogP contribution in [0.15, 0.2) is 24.3 Å². The number of cyclic esters (lactones) is 1. The molecule has 1 aliphatic rings. The molecule has 0 saturated carbocycles. The second kappa shape index (κ2) is 4.80. The zero-order valence-electron chi connectivity index (χ0n) is 9.71. The van der Waals surface area contributed by atoms with Crippen LogP contribution in [0.3, 0.4) is 0 Å². The summed E-state index contributed by atoms with van der Waals surface area (Å²) < 4.78 is 71.2. The fourth-order valence-corrected chi connectivity index (χ4v) is 1.73. The van der Waals surface area contributed by atoms with Crippen molar-refractivity contribution in [3.05, 3.63) is 29.8 Å². The van der Waals surface area contributed by atoms with Crippen molar-refractivity contribution in [2.75, 3.05) is 6.61 Å². The molecule has 0 spiro atoms. The lowest BCUT2D eigenvalue weighted by Crippen LogP contribution is -2.49. The van der Waals surface area contributed by atoms with E-state index in [-0.39, 0.29) is 5.56 Å². The molecule has 4 nitrogen and oxygen atoms in total. The van der Waals surface area contributed by atoms with Gasteiger partial charge in [0.15, 0.2) is 6.61 Å². The Bertz CT molecular complexity index is 517. The van der Waals surface area contributed by atoms with Crippen LogP contribution in [-0.2, 0) is 4.74 Å². The molecule has 2 rings (SSSR count). The van der Waals surface area contributed by atoms with Crippen molar-refractivity contribution >= 4 is 6.09 Å². The van der Waals surface area contributed by atoms with Gasteiger partial charge in [0, 0.05) is 0 Å². The average molecular weight is 297 g/mol. The van der Waals surface area contributed by atoms with Gasteiger partial charge in [-0.05, 0) is 17.7 Å². The van der Waals surface area contributed by atoms with Crippen molar-refractivity contribution in [1.82, 2.24) is 5.32 Å². The number of amides is 1. The van der Waals surface area contributed by atoms with E-state index in [9.17, 15) is 26.7 Å². The van der Waals surface area contributed by atoms with Gasteiger partial charge in [-0.25, -0.2) is 13.6 Å². The average Bonchev–Trinajstić information content (AvgIpc) is 2.30. The van der Waals surface area contributed by atoms with Gasteiger partial charge < -0.3 is 14.8 Å². The minimum atomic E-state index is -4.93. The fourth-order valence-electron chi connectivity index (χ4n) is 1.73. The molecule has 0 radical (unpaired) electrons. The normalized spacial score (nSPS) is 21.9. The van der Waals surface area contributed by atoms with Crippen molar-refractivity contribution in [1.29, 1.82) is 0 Å². The lowest BCUT2D eigenvalue weighted by Gasteiger charge is -2.31. The third-order valence-electron chi connectivity index (χ3n) is 2.51. The van der Waals surface area contributed by atoms with Crippen LogP contribution >= 0.6 is 0 Å². The molecule has 0 unspecified atom stereocenters. The molecule has 0 bridgehead atoms. The highest BCUT2D eigenvalue weighted by Crippen LogP contribution is 2.36. The van der Waals surface area contributed by atoms with Gasteiger partial charge in [-0.3, -0.25) is 0 Å². The number of alkyl halides is 5. The van der Waals surface area contributed by atoms with Crippen LogP contribution in [-0.4, -0.2) is 25.0 Å². The maximum atomic E-state index is 13.6. The monoisotopic (exact) mass is 297 g/mol. The van der Waals surface area contributed by atoms with Gasteiger partial charge in [0.25, 0.3) is 0 Å². The fraction of sp³-hybridized carbons (Fsp3) is 0.364. The van der Waals surface area contributed by atoms with E-state index in [0.29, 0.717) is 0 Å². The quantitative estimate of drug-likeness (QED) is 0.854. The highest BCUT2D eigenvalue weighted by molar-refractivity contribution is 5.69. The third-order valence-corrected chi connectivity index (χ3v) is 2.51. The van der Waals surface area contributed by atoms with Crippen molar-refractivity contribution < 1.29 is 36.2 Å². The lowest BCUT2D eigenvalue weighted by molar-refractivity contribution is -0.274. The second-order valence-corrected chi connectivity index (χ2v) is 4.03. The molecule has 1 aromatic rings. The number of hydrogen-bond acceptors (Lipinski definition) is 3. The SMILES string of the molecule is O=C1N[C@@H](c2cccc(OC(F)(F)F)c2)C(F)(F)CO1. The van der Waals surface area contributed by atoms with E-state index in [1.54, 1.807) is 0 Å². The van der Waals surface area contributed by atoms with Gasteiger partial charge >= 0.3 is 18.4 Å². The first-order chi connectivity index (χ1) is 9.17. The van der Waals surface area contributed by atoms with Crippen LogP contribution < -0.4 is 10.1 Å². The predicted octanol–water partition coefficient (Wildman–Crippen LogP) is 3.00. The van der Waals surface area contributed by atoms with Gasteiger partial charge in [0.1, 0.15) is 11.8 Å². The highest BCUT2D eigenvalue weighted by atomic mass is 19.4. The molecular weight excluding hydrogens is 289 g/mol. The molecule has 0 aromatic heterocycles. The van der Waals surface area contributed by atoms with Crippen LogP contribution in [0.2, 0.25) is 0 Å². The number of nitrogens with one attached hydrogen (secondary N) is 1. The van der Waals surface area contributed by atoms with Crippen molar-refractivity contribution in [2.45, 2.75) is 18.3 Å². The predicted molar refractivity (Wildman–Crippen MR) is 55.3 cm³/mol. The summed E-state index contributed by atoms with van der Waals surface area (Å²) in [6.45, 7) is -1.14. The van der Waals surface area contributed by atoms with Crippen LogP contribution in [0.25, 0.3) is 0 Å². The number of benzene rings is 1. The Morgan fingerprint density at radius 3 is 2.70 bits per heavy atom. The molecular formula is C11H8F5NO3. The first-order valence-electron chi connectivity index (χ1n) is 5.34. The summed E-state index contributed by atoms with van der Waals surface area (Å²) in [4.78, 5) is 11.0. The molecule has 0 aliphatic carbocycles. The van der Waals surface area contributed by atoms with Crippen LogP contribution in [0.1, 0.15) is 11.6 Å². The number of carbonyl (C=O) groups excluding carboxylic acids is 1. The van der Waals surface area contributed by atoms with E-state index in [1.165, 1.54) is 0 Å². The number of halogens is 5. The minimum absolute atomic E-state index is 0.214. The summed E-state index contributed by atoms with van der Waals surface area (Å²) in [7, 11) is 0. The van der Waals surface area contributed by atoms with E-state index in [2.05, 4.69) is 9.47 Å². The first-order valence-corrected chi connectivity index (χ1v) is 5.34. The molecule has 20 heavy (non-hydrogen) atoms. The zero-order chi connectivity index (χ0) is 15.0. The van der Waals surface area contributed by atoms with Gasteiger partial charge in [0.2, 0.25) is 0 Å². The van der Waals surface area contributed by atoms with Crippen LogP contribution in [0.5, 0.6) is 5.75 Å². The highest BCUT2D eigenvalue weighted by Gasteiger charge is 2.47. The molecule has 1 heterocycles. The van der Waals surface area contributed by atoms with E-state index < -0.39 is 36.8 Å². The van der Waals surface area contributed by atoms with Gasteiger partial charge in [0.05, 0.1) is 0 Å². The summed E-state index contributed by atoms with van der Waals surface area (Å²) in [5.41, 5.74) is -0.214. The Balaban J connectivity index is 2.27. The Morgan fingerprint density at radius 1 is 1.35 bits per heavy atom. The Labute approximate surface area is 109 Å². The number of carbonyl (C=O) groups is 1. The summed E-state index contributed by atoms with van der Waals surface area (Å²) in [6, 6.07) is 2.26. The molecule has 1 aromatic carbocycles. The standard InChI is InChI=1S/C11H8F5NO3/c12-10(13)5-19-9(18)17-8(10)6-2-1-3-7(4-6)20-11(14,15)16/h1-4,8H,5H2,(H,17,18)/t8-/m0/s1. The molecule has 110 valence electrons. The van der Waals surface area contributed by atoms with E-state index in [1.807, 2.05) is 5.32 Å². The number of hydrogen-bond donors (Lipinski definition) is 1. The topological polar surface area (TPSA) is 47.6 Å². The maximum Gasteiger partial charge on any atom is 0.573 e. The van der Waals surface area contributed by atoms with Crippen molar-refractivity contribution in [3.8, 4) is 5.75 Å². The molecule has 1 atom stereocenters. The number of ether oxygens (including phenoxy) is 2. The minimum Gasteiger partial charge on any atom is -0.443 e.